The molecule has 26 heavy (non-hydrogen) atoms. The first-order chi connectivity index (χ1) is 12.5. The van der Waals surface area contributed by atoms with E-state index in [1.165, 1.54) is 6.07 Å². The number of benzene rings is 2. The standard InChI is InChI=1S/C19H20ClNO4S/c1-12-10-14(2-3-17(12)20)26(22,23)21-7-4-16-15-6-9-24-18(15)11-13-5-8-25-19(13)16/h2-3,10-11,21H,4-9H2,1H3. The summed E-state index contributed by atoms with van der Waals surface area (Å²) < 4.78 is 39.3. The Balaban J connectivity index is 1.53. The van der Waals surface area contributed by atoms with E-state index in [0.29, 0.717) is 31.2 Å². The summed E-state index contributed by atoms with van der Waals surface area (Å²) in [5, 5.41) is 0.552. The molecule has 2 aliphatic rings. The zero-order valence-corrected chi connectivity index (χ0v) is 16.0. The summed E-state index contributed by atoms with van der Waals surface area (Å²) in [6, 6.07) is 6.77. The summed E-state index contributed by atoms with van der Waals surface area (Å²) in [6.45, 7) is 3.42. The molecule has 2 aliphatic heterocycles. The van der Waals surface area contributed by atoms with Crippen molar-refractivity contribution < 1.29 is 17.9 Å². The molecule has 0 atom stereocenters. The average molecular weight is 394 g/mol. The van der Waals surface area contributed by atoms with Crippen molar-refractivity contribution in [1.82, 2.24) is 4.72 Å². The molecule has 138 valence electrons. The Morgan fingerprint density at radius 1 is 1.15 bits per heavy atom. The van der Waals surface area contributed by atoms with Crippen LogP contribution in [0, 0.1) is 6.92 Å². The van der Waals surface area contributed by atoms with E-state index in [0.717, 1.165) is 46.6 Å². The number of nitrogens with one attached hydrogen (secondary N) is 1. The lowest BCUT2D eigenvalue weighted by molar-refractivity contribution is 0.353. The van der Waals surface area contributed by atoms with Gasteiger partial charge in [0.25, 0.3) is 0 Å². The van der Waals surface area contributed by atoms with Gasteiger partial charge in [0.1, 0.15) is 11.5 Å². The SMILES string of the molecule is Cc1cc(S(=O)(=O)NCCc2c3c(cc4c2OCC4)OCC3)ccc1Cl. The Labute approximate surface area is 158 Å². The van der Waals surface area contributed by atoms with E-state index in [-0.39, 0.29) is 4.90 Å². The fourth-order valence-corrected chi connectivity index (χ4v) is 4.76. The predicted molar refractivity (Wildman–Crippen MR) is 99.9 cm³/mol. The molecule has 0 aliphatic carbocycles. The highest BCUT2D eigenvalue weighted by molar-refractivity contribution is 7.89. The van der Waals surface area contributed by atoms with Crippen LogP contribution in [0.15, 0.2) is 29.2 Å². The Hall–Kier alpha value is -1.76. The van der Waals surface area contributed by atoms with Gasteiger partial charge >= 0.3 is 0 Å². The van der Waals surface area contributed by atoms with Crippen LogP contribution < -0.4 is 14.2 Å². The van der Waals surface area contributed by atoms with Crippen molar-refractivity contribution in [2.45, 2.75) is 31.1 Å². The third-order valence-electron chi connectivity index (χ3n) is 4.87. The summed E-state index contributed by atoms with van der Waals surface area (Å²) >= 11 is 5.98. The van der Waals surface area contributed by atoms with Gasteiger partial charge in [0.15, 0.2) is 0 Å². The van der Waals surface area contributed by atoms with Crippen molar-refractivity contribution in [2.24, 2.45) is 0 Å². The lowest BCUT2D eigenvalue weighted by Crippen LogP contribution is -2.26. The van der Waals surface area contributed by atoms with Crippen molar-refractivity contribution in [3.63, 3.8) is 0 Å². The minimum absolute atomic E-state index is 0.225. The quantitative estimate of drug-likeness (QED) is 0.848. The van der Waals surface area contributed by atoms with E-state index >= 15 is 0 Å². The first kappa shape index (κ1) is 17.6. The van der Waals surface area contributed by atoms with E-state index < -0.39 is 10.0 Å². The molecule has 2 heterocycles. The summed E-state index contributed by atoms with van der Waals surface area (Å²) in [5.41, 5.74) is 4.10. The maximum absolute atomic E-state index is 12.5. The molecule has 0 radical (unpaired) electrons. The monoisotopic (exact) mass is 393 g/mol. The van der Waals surface area contributed by atoms with Gasteiger partial charge in [-0.15, -0.1) is 0 Å². The topological polar surface area (TPSA) is 64.6 Å². The molecule has 0 unspecified atom stereocenters. The van der Waals surface area contributed by atoms with Crippen LogP contribution in [0.25, 0.3) is 0 Å². The molecule has 2 aromatic carbocycles. The number of fused-ring (bicyclic) bond motifs is 2. The minimum atomic E-state index is -3.58. The van der Waals surface area contributed by atoms with Crippen molar-refractivity contribution in [2.75, 3.05) is 19.8 Å². The normalized spacial score (nSPS) is 15.3. The molecular weight excluding hydrogens is 374 g/mol. The van der Waals surface area contributed by atoms with Crippen LogP contribution in [0.4, 0.5) is 0 Å². The number of halogens is 1. The van der Waals surface area contributed by atoms with Crippen molar-refractivity contribution >= 4 is 21.6 Å². The van der Waals surface area contributed by atoms with Crippen molar-refractivity contribution in [3.8, 4) is 11.5 Å². The van der Waals surface area contributed by atoms with Crippen LogP contribution in [0.1, 0.15) is 22.3 Å². The van der Waals surface area contributed by atoms with Crippen LogP contribution in [0.2, 0.25) is 5.02 Å². The van der Waals surface area contributed by atoms with Crippen LogP contribution in [0.5, 0.6) is 11.5 Å². The van der Waals surface area contributed by atoms with Crippen LogP contribution in [-0.4, -0.2) is 28.2 Å². The van der Waals surface area contributed by atoms with Gasteiger partial charge in [0, 0.05) is 41.1 Å². The van der Waals surface area contributed by atoms with E-state index in [1.54, 1.807) is 19.1 Å². The number of ether oxygens (including phenoxy) is 2. The molecule has 2 aromatic rings. The lowest BCUT2D eigenvalue weighted by atomic mass is 9.97. The second kappa shape index (κ2) is 6.76. The van der Waals surface area contributed by atoms with E-state index in [2.05, 4.69) is 10.8 Å². The van der Waals surface area contributed by atoms with Crippen molar-refractivity contribution in [3.05, 3.63) is 51.5 Å². The fourth-order valence-electron chi connectivity index (χ4n) is 3.53. The maximum atomic E-state index is 12.5. The highest BCUT2D eigenvalue weighted by Crippen LogP contribution is 2.40. The molecular formula is C19H20ClNO4S. The number of hydrogen-bond donors (Lipinski definition) is 1. The van der Waals surface area contributed by atoms with Gasteiger partial charge in [-0.2, -0.15) is 0 Å². The molecule has 0 spiro atoms. The largest absolute Gasteiger partial charge is 0.493 e. The fraction of sp³-hybridized carbons (Fsp3) is 0.368. The first-order valence-electron chi connectivity index (χ1n) is 8.65. The molecule has 0 saturated carbocycles. The second-order valence-corrected chi connectivity index (χ2v) is 8.75. The highest BCUT2D eigenvalue weighted by Gasteiger charge is 2.26. The lowest BCUT2D eigenvalue weighted by Gasteiger charge is -2.14. The molecule has 0 aromatic heterocycles. The Morgan fingerprint density at radius 3 is 2.77 bits per heavy atom. The smallest absolute Gasteiger partial charge is 0.240 e. The summed E-state index contributed by atoms with van der Waals surface area (Å²) in [6.07, 6.45) is 2.28. The maximum Gasteiger partial charge on any atom is 0.240 e. The predicted octanol–water partition coefficient (Wildman–Crippen LogP) is 3.04. The number of sulfonamides is 1. The first-order valence-corrected chi connectivity index (χ1v) is 10.5. The van der Waals surface area contributed by atoms with Gasteiger partial charge in [-0.25, -0.2) is 13.1 Å². The number of rotatable bonds is 5. The Bertz CT molecular complexity index is 940. The molecule has 0 amide bonds. The second-order valence-electron chi connectivity index (χ2n) is 6.58. The van der Waals surface area contributed by atoms with Gasteiger partial charge < -0.3 is 9.47 Å². The third-order valence-corrected chi connectivity index (χ3v) is 6.75. The van der Waals surface area contributed by atoms with E-state index in [4.69, 9.17) is 21.1 Å². The van der Waals surface area contributed by atoms with E-state index in [1.807, 2.05) is 0 Å². The molecule has 1 N–H and O–H groups in total. The van der Waals surface area contributed by atoms with Gasteiger partial charge in [-0.3, -0.25) is 0 Å². The Kier molecular flexibility index (Phi) is 4.59. The molecule has 4 rings (SSSR count). The van der Waals surface area contributed by atoms with E-state index in [9.17, 15) is 8.42 Å². The van der Waals surface area contributed by atoms with Crippen LogP contribution >= 0.6 is 11.6 Å². The molecule has 0 bridgehead atoms. The highest BCUT2D eigenvalue weighted by atomic mass is 35.5. The molecule has 0 saturated heterocycles. The zero-order chi connectivity index (χ0) is 18.3. The van der Waals surface area contributed by atoms with Gasteiger partial charge in [-0.1, -0.05) is 11.6 Å². The van der Waals surface area contributed by atoms with Crippen LogP contribution in [0.3, 0.4) is 0 Å². The Morgan fingerprint density at radius 2 is 1.96 bits per heavy atom. The number of hydrogen-bond acceptors (Lipinski definition) is 4. The van der Waals surface area contributed by atoms with Gasteiger partial charge in [0.2, 0.25) is 10.0 Å². The molecule has 0 fully saturated rings. The van der Waals surface area contributed by atoms with Crippen molar-refractivity contribution in [1.29, 1.82) is 0 Å². The summed E-state index contributed by atoms with van der Waals surface area (Å²) in [4.78, 5) is 0.225. The number of aryl methyl sites for hydroxylation is 1. The molecule has 7 heteroatoms. The van der Waals surface area contributed by atoms with Gasteiger partial charge in [-0.05, 0) is 43.2 Å². The summed E-state index contributed by atoms with van der Waals surface area (Å²) in [7, 11) is -3.58. The van der Waals surface area contributed by atoms with Crippen LogP contribution in [-0.2, 0) is 29.3 Å². The zero-order valence-electron chi connectivity index (χ0n) is 14.5. The molecule has 5 nitrogen and oxygen atoms in total. The average Bonchev–Trinajstić information content (AvgIpc) is 3.25. The minimum Gasteiger partial charge on any atom is -0.493 e. The third kappa shape index (κ3) is 3.17. The summed E-state index contributed by atoms with van der Waals surface area (Å²) in [5.74, 6) is 1.83. The van der Waals surface area contributed by atoms with Gasteiger partial charge in [0.05, 0.1) is 18.1 Å².